The summed E-state index contributed by atoms with van der Waals surface area (Å²) in [6.07, 6.45) is 1.13. The molecule has 3 rings (SSSR count). The molecule has 104 valence electrons. The van der Waals surface area contributed by atoms with Crippen molar-refractivity contribution in [3.8, 4) is 0 Å². The lowest BCUT2D eigenvalue weighted by Gasteiger charge is -2.30. The van der Waals surface area contributed by atoms with Crippen molar-refractivity contribution < 1.29 is 0 Å². The van der Waals surface area contributed by atoms with E-state index in [0.29, 0.717) is 6.04 Å². The van der Waals surface area contributed by atoms with E-state index in [1.807, 2.05) is 0 Å². The highest BCUT2D eigenvalue weighted by molar-refractivity contribution is 5.43. The number of benzene rings is 2. The molecule has 1 atom stereocenters. The summed E-state index contributed by atoms with van der Waals surface area (Å²) in [5.74, 6) is 0. The molecule has 0 fully saturated rings. The summed E-state index contributed by atoms with van der Waals surface area (Å²) in [5.41, 5.74) is 5.93. The Balaban J connectivity index is 2.07. The van der Waals surface area contributed by atoms with Gasteiger partial charge in [-0.15, -0.1) is 0 Å². The van der Waals surface area contributed by atoms with Crippen LogP contribution in [0.2, 0.25) is 0 Å². The maximum absolute atomic E-state index is 3.67. The first-order valence-electron chi connectivity index (χ1n) is 7.47. The molecule has 1 nitrogen and oxygen atoms in total. The van der Waals surface area contributed by atoms with Crippen molar-refractivity contribution in [1.29, 1.82) is 0 Å². The van der Waals surface area contributed by atoms with Crippen molar-refractivity contribution in [2.24, 2.45) is 0 Å². The van der Waals surface area contributed by atoms with Gasteiger partial charge in [0, 0.05) is 6.54 Å². The van der Waals surface area contributed by atoms with Crippen molar-refractivity contribution >= 4 is 0 Å². The molecule has 0 radical (unpaired) electrons. The fraction of sp³-hybridized carbons (Fsp3) is 0.368. The number of nitrogens with one attached hydrogen (secondary N) is 1. The smallest absolute Gasteiger partial charge is 0.0579 e. The maximum Gasteiger partial charge on any atom is 0.0579 e. The predicted octanol–water partition coefficient (Wildman–Crippen LogP) is 4.22. The van der Waals surface area contributed by atoms with Gasteiger partial charge < -0.3 is 5.32 Å². The third-order valence-corrected chi connectivity index (χ3v) is 4.20. The molecule has 0 amide bonds. The van der Waals surface area contributed by atoms with Gasteiger partial charge in [0.05, 0.1) is 6.04 Å². The molecule has 1 unspecified atom stereocenters. The molecule has 2 aromatic carbocycles. The third kappa shape index (κ3) is 2.51. The van der Waals surface area contributed by atoms with Crippen molar-refractivity contribution in [1.82, 2.24) is 5.32 Å². The van der Waals surface area contributed by atoms with Gasteiger partial charge in [-0.05, 0) is 34.1 Å². The molecule has 0 aliphatic carbocycles. The summed E-state index contributed by atoms with van der Waals surface area (Å²) >= 11 is 0. The van der Waals surface area contributed by atoms with Crippen LogP contribution in [0.3, 0.4) is 0 Å². The summed E-state index contributed by atoms with van der Waals surface area (Å²) in [6.45, 7) is 7.90. The molecule has 1 aliphatic rings. The summed E-state index contributed by atoms with van der Waals surface area (Å²) in [6, 6.07) is 18.1. The van der Waals surface area contributed by atoms with E-state index in [1.54, 1.807) is 0 Å². The van der Waals surface area contributed by atoms with Crippen LogP contribution in [0, 0.1) is 0 Å². The number of hydrogen-bond donors (Lipinski definition) is 1. The van der Waals surface area contributed by atoms with Gasteiger partial charge in [0.15, 0.2) is 0 Å². The minimum Gasteiger partial charge on any atom is -0.306 e. The van der Waals surface area contributed by atoms with Crippen molar-refractivity contribution in [2.45, 2.75) is 38.6 Å². The van der Waals surface area contributed by atoms with Gasteiger partial charge in [0.2, 0.25) is 0 Å². The van der Waals surface area contributed by atoms with E-state index >= 15 is 0 Å². The van der Waals surface area contributed by atoms with Gasteiger partial charge in [0.1, 0.15) is 0 Å². The standard InChI is InChI=1S/C19H23N/c1-19(2,3)16-10-9-14-11-12-20-18(17(14)13-16)15-7-5-4-6-8-15/h4-10,13,18,20H,11-12H2,1-3H3. The normalized spacial score (nSPS) is 18.6. The first kappa shape index (κ1) is 13.4. The Morgan fingerprint density at radius 1 is 1.00 bits per heavy atom. The molecule has 1 heterocycles. The monoisotopic (exact) mass is 265 g/mol. The lowest BCUT2D eigenvalue weighted by Crippen LogP contribution is -2.31. The third-order valence-electron chi connectivity index (χ3n) is 4.20. The Hall–Kier alpha value is -1.60. The molecule has 2 aromatic rings. The fourth-order valence-corrected chi connectivity index (χ4v) is 2.96. The number of rotatable bonds is 1. The summed E-state index contributed by atoms with van der Waals surface area (Å²) in [5, 5.41) is 3.67. The quantitative estimate of drug-likeness (QED) is 0.814. The fourth-order valence-electron chi connectivity index (χ4n) is 2.96. The second-order valence-corrected chi connectivity index (χ2v) is 6.71. The van der Waals surface area contributed by atoms with Crippen LogP contribution in [0.15, 0.2) is 48.5 Å². The van der Waals surface area contributed by atoms with Gasteiger partial charge in [0.25, 0.3) is 0 Å². The van der Waals surface area contributed by atoms with Crippen LogP contribution < -0.4 is 5.32 Å². The lowest BCUT2D eigenvalue weighted by atomic mass is 9.81. The first-order chi connectivity index (χ1) is 9.55. The largest absolute Gasteiger partial charge is 0.306 e. The van der Waals surface area contributed by atoms with Gasteiger partial charge in [-0.3, -0.25) is 0 Å². The Kier molecular flexibility index (Phi) is 3.39. The van der Waals surface area contributed by atoms with E-state index in [2.05, 4.69) is 74.6 Å². The highest BCUT2D eigenvalue weighted by atomic mass is 14.9. The lowest BCUT2D eigenvalue weighted by molar-refractivity contribution is 0.555. The van der Waals surface area contributed by atoms with E-state index in [-0.39, 0.29) is 5.41 Å². The van der Waals surface area contributed by atoms with Crippen LogP contribution in [0.1, 0.15) is 49.1 Å². The van der Waals surface area contributed by atoms with Gasteiger partial charge in [-0.25, -0.2) is 0 Å². The van der Waals surface area contributed by atoms with Crippen LogP contribution in [-0.4, -0.2) is 6.54 Å². The summed E-state index contributed by atoms with van der Waals surface area (Å²) in [4.78, 5) is 0. The predicted molar refractivity (Wildman–Crippen MR) is 85.1 cm³/mol. The second kappa shape index (κ2) is 5.06. The highest BCUT2D eigenvalue weighted by Crippen LogP contribution is 2.32. The van der Waals surface area contributed by atoms with E-state index in [1.165, 1.54) is 22.3 Å². The maximum atomic E-state index is 3.67. The Labute approximate surface area is 122 Å². The van der Waals surface area contributed by atoms with Crippen LogP contribution in [-0.2, 0) is 11.8 Å². The van der Waals surface area contributed by atoms with E-state index in [0.717, 1.165) is 13.0 Å². The Morgan fingerprint density at radius 2 is 1.75 bits per heavy atom. The Bertz CT molecular complexity index is 593. The van der Waals surface area contributed by atoms with Crippen LogP contribution in [0.4, 0.5) is 0 Å². The molecule has 0 bridgehead atoms. The molecular formula is C19H23N. The van der Waals surface area contributed by atoms with Gasteiger partial charge >= 0.3 is 0 Å². The van der Waals surface area contributed by atoms with Crippen molar-refractivity contribution in [3.63, 3.8) is 0 Å². The molecule has 20 heavy (non-hydrogen) atoms. The molecule has 1 N–H and O–H groups in total. The highest BCUT2D eigenvalue weighted by Gasteiger charge is 2.23. The molecule has 1 aliphatic heterocycles. The van der Waals surface area contributed by atoms with Crippen molar-refractivity contribution in [3.05, 3.63) is 70.8 Å². The zero-order valence-electron chi connectivity index (χ0n) is 12.6. The van der Waals surface area contributed by atoms with Gasteiger partial charge in [-0.1, -0.05) is 69.3 Å². The summed E-state index contributed by atoms with van der Waals surface area (Å²) in [7, 11) is 0. The molecule has 1 heteroatoms. The van der Waals surface area contributed by atoms with E-state index in [4.69, 9.17) is 0 Å². The average molecular weight is 265 g/mol. The minimum atomic E-state index is 0.202. The van der Waals surface area contributed by atoms with E-state index in [9.17, 15) is 0 Å². The molecule has 0 spiro atoms. The molecule has 0 aromatic heterocycles. The van der Waals surface area contributed by atoms with Gasteiger partial charge in [-0.2, -0.15) is 0 Å². The number of fused-ring (bicyclic) bond motifs is 1. The SMILES string of the molecule is CC(C)(C)c1ccc2c(c1)C(c1ccccc1)NCC2. The first-order valence-corrected chi connectivity index (χ1v) is 7.47. The molecule has 0 saturated carbocycles. The zero-order chi connectivity index (χ0) is 14.2. The van der Waals surface area contributed by atoms with Crippen LogP contribution in [0.25, 0.3) is 0 Å². The average Bonchev–Trinajstić information content (AvgIpc) is 2.46. The van der Waals surface area contributed by atoms with Crippen LogP contribution >= 0.6 is 0 Å². The second-order valence-electron chi connectivity index (χ2n) is 6.71. The van der Waals surface area contributed by atoms with E-state index < -0.39 is 0 Å². The Morgan fingerprint density at radius 3 is 2.45 bits per heavy atom. The minimum absolute atomic E-state index is 0.202. The van der Waals surface area contributed by atoms with Crippen LogP contribution in [0.5, 0.6) is 0 Å². The van der Waals surface area contributed by atoms with Crippen molar-refractivity contribution in [2.75, 3.05) is 6.54 Å². The molecule has 0 saturated heterocycles. The number of hydrogen-bond acceptors (Lipinski definition) is 1. The molecular weight excluding hydrogens is 242 g/mol. The summed E-state index contributed by atoms with van der Waals surface area (Å²) < 4.78 is 0. The zero-order valence-corrected chi connectivity index (χ0v) is 12.6. The topological polar surface area (TPSA) is 12.0 Å².